The summed E-state index contributed by atoms with van der Waals surface area (Å²) in [6.07, 6.45) is 3.28. The zero-order valence-electron chi connectivity index (χ0n) is 9.89. The van der Waals surface area contributed by atoms with Crippen molar-refractivity contribution in [2.24, 2.45) is 0 Å². The first-order valence-electron chi connectivity index (χ1n) is 6.16. The van der Waals surface area contributed by atoms with E-state index in [2.05, 4.69) is 11.8 Å². The molecule has 0 aromatic rings. The van der Waals surface area contributed by atoms with Crippen molar-refractivity contribution in [2.75, 3.05) is 32.8 Å². The lowest BCUT2D eigenvalue weighted by atomic mass is 10.1. The van der Waals surface area contributed by atoms with Gasteiger partial charge in [0.1, 0.15) is 18.0 Å². The molecule has 0 radical (unpaired) electrons. The third kappa shape index (κ3) is 2.75. The van der Waals surface area contributed by atoms with Crippen LogP contribution in [-0.4, -0.2) is 55.1 Å². The Kier molecular flexibility index (Phi) is 4.21. The van der Waals surface area contributed by atoms with E-state index in [9.17, 15) is 5.11 Å². The van der Waals surface area contributed by atoms with Gasteiger partial charge in [0.25, 0.3) is 0 Å². The fourth-order valence-electron chi connectivity index (χ4n) is 2.27. The molecule has 0 aromatic heterocycles. The predicted molar refractivity (Wildman–Crippen MR) is 61.1 cm³/mol. The lowest BCUT2D eigenvalue weighted by Crippen LogP contribution is -2.48. The van der Waals surface area contributed by atoms with Crippen LogP contribution in [0.15, 0.2) is 11.8 Å². The van der Waals surface area contributed by atoms with E-state index in [1.165, 1.54) is 0 Å². The van der Waals surface area contributed by atoms with Gasteiger partial charge in [0.2, 0.25) is 0 Å². The van der Waals surface area contributed by atoms with Gasteiger partial charge in [-0.15, -0.1) is 0 Å². The normalized spacial score (nSPS) is 28.6. The first-order chi connectivity index (χ1) is 7.81. The second kappa shape index (κ2) is 5.66. The van der Waals surface area contributed by atoms with Crippen molar-refractivity contribution < 1.29 is 14.6 Å². The monoisotopic (exact) mass is 227 g/mol. The summed E-state index contributed by atoms with van der Waals surface area (Å²) in [5.74, 6) is 0.698. The minimum atomic E-state index is -0.595. The molecule has 0 spiro atoms. The van der Waals surface area contributed by atoms with E-state index in [4.69, 9.17) is 9.47 Å². The van der Waals surface area contributed by atoms with Crippen molar-refractivity contribution >= 4 is 0 Å². The molecule has 2 aliphatic rings. The number of ether oxygens (including phenoxy) is 2. The first-order valence-corrected chi connectivity index (χ1v) is 6.16. The fourth-order valence-corrected chi connectivity index (χ4v) is 2.27. The van der Waals surface area contributed by atoms with Gasteiger partial charge in [-0.2, -0.15) is 0 Å². The van der Waals surface area contributed by atoms with Crippen LogP contribution < -0.4 is 0 Å². The molecule has 0 bridgehead atoms. The van der Waals surface area contributed by atoms with Gasteiger partial charge in [-0.1, -0.05) is 6.92 Å². The Morgan fingerprint density at radius 3 is 3.12 bits per heavy atom. The van der Waals surface area contributed by atoms with Crippen molar-refractivity contribution in [1.82, 2.24) is 4.90 Å². The van der Waals surface area contributed by atoms with Crippen molar-refractivity contribution in [3.8, 4) is 0 Å². The minimum Gasteiger partial charge on any atom is -0.495 e. The molecule has 0 aliphatic carbocycles. The van der Waals surface area contributed by atoms with Gasteiger partial charge in [0, 0.05) is 19.5 Å². The molecule has 2 heterocycles. The highest BCUT2D eigenvalue weighted by Crippen LogP contribution is 2.20. The van der Waals surface area contributed by atoms with E-state index < -0.39 is 6.10 Å². The zero-order valence-corrected chi connectivity index (χ0v) is 9.89. The van der Waals surface area contributed by atoms with Crippen LogP contribution in [0.3, 0.4) is 0 Å². The topological polar surface area (TPSA) is 41.9 Å². The van der Waals surface area contributed by atoms with Gasteiger partial charge in [0.15, 0.2) is 0 Å². The van der Waals surface area contributed by atoms with Crippen LogP contribution in [-0.2, 0) is 9.47 Å². The van der Waals surface area contributed by atoms with Gasteiger partial charge in [-0.3, -0.25) is 4.90 Å². The second-order valence-electron chi connectivity index (χ2n) is 4.40. The molecule has 4 nitrogen and oxygen atoms in total. The summed E-state index contributed by atoms with van der Waals surface area (Å²) in [4.78, 5) is 2.34. The molecule has 2 unspecified atom stereocenters. The number of aliphatic hydroxyl groups is 1. The Morgan fingerprint density at radius 1 is 1.56 bits per heavy atom. The van der Waals surface area contributed by atoms with Gasteiger partial charge < -0.3 is 14.6 Å². The minimum absolute atomic E-state index is 0.135. The Labute approximate surface area is 96.8 Å². The lowest BCUT2D eigenvalue weighted by molar-refractivity contribution is -0.0886. The fraction of sp³-hybridized carbons (Fsp3) is 0.833. The summed E-state index contributed by atoms with van der Waals surface area (Å²) < 4.78 is 11.0. The highest BCUT2D eigenvalue weighted by Gasteiger charge is 2.30. The van der Waals surface area contributed by atoms with Crippen LogP contribution in [0.25, 0.3) is 0 Å². The molecular weight excluding hydrogens is 206 g/mol. The molecule has 1 N–H and O–H groups in total. The summed E-state index contributed by atoms with van der Waals surface area (Å²) in [6, 6.07) is 0. The molecule has 0 amide bonds. The Bertz CT molecular complexity index is 253. The smallest absolute Gasteiger partial charge is 0.138 e. The van der Waals surface area contributed by atoms with Crippen molar-refractivity contribution in [1.29, 1.82) is 0 Å². The third-order valence-electron chi connectivity index (χ3n) is 3.09. The predicted octanol–water partition coefficient (Wildman–Crippen LogP) is 0.762. The van der Waals surface area contributed by atoms with Gasteiger partial charge in [-0.25, -0.2) is 0 Å². The maximum absolute atomic E-state index is 10.1. The number of nitrogens with zero attached hydrogens (tertiary/aromatic N) is 1. The number of rotatable bonds is 4. The van der Waals surface area contributed by atoms with E-state index >= 15 is 0 Å². The van der Waals surface area contributed by atoms with Crippen LogP contribution in [0.5, 0.6) is 0 Å². The van der Waals surface area contributed by atoms with E-state index in [0.717, 1.165) is 32.5 Å². The van der Waals surface area contributed by atoms with Crippen LogP contribution in [0, 0.1) is 0 Å². The molecule has 2 rings (SSSR count). The van der Waals surface area contributed by atoms with Crippen LogP contribution >= 0.6 is 0 Å². The third-order valence-corrected chi connectivity index (χ3v) is 3.09. The molecule has 16 heavy (non-hydrogen) atoms. The van der Waals surface area contributed by atoms with E-state index in [1.54, 1.807) is 0 Å². The van der Waals surface area contributed by atoms with E-state index in [1.807, 2.05) is 6.08 Å². The molecule has 0 saturated carbocycles. The Hall–Kier alpha value is -0.580. The summed E-state index contributed by atoms with van der Waals surface area (Å²) in [7, 11) is 0. The van der Waals surface area contributed by atoms with Crippen molar-refractivity contribution in [3.05, 3.63) is 11.8 Å². The maximum atomic E-state index is 10.1. The van der Waals surface area contributed by atoms with Crippen molar-refractivity contribution in [3.63, 3.8) is 0 Å². The van der Waals surface area contributed by atoms with Crippen molar-refractivity contribution in [2.45, 2.75) is 32.0 Å². The Balaban J connectivity index is 1.88. The number of aliphatic hydroxyl groups excluding tert-OH is 1. The van der Waals surface area contributed by atoms with Crippen LogP contribution in [0.4, 0.5) is 0 Å². The number of morpholine rings is 1. The SMILES string of the molecule is CCCN1CCOC(C(O)C2=CCCO2)C1. The van der Waals surface area contributed by atoms with E-state index in [-0.39, 0.29) is 6.10 Å². The average molecular weight is 227 g/mol. The van der Waals surface area contributed by atoms with Gasteiger partial charge >= 0.3 is 0 Å². The molecular formula is C12H21NO3. The molecule has 2 aliphatic heterocycles. The van der Waals surface area contributed by atoms with Gasteiger partial charge in [-0.05, 0) is 19.0 Å². The first kappa shape index (κ1) is 11.9. The second-order valence-corrected chi connectivity index (χ2v) is 4.40. The van der Waals surface area contributed by atoms with E-state index in [0.29, 0.717) is 19.0 Å². The molecule has 0 aromatic carbocycles. The quantitative estimate of drug-likeness (QED) is 0.770. The van der Waals surface area contributed by atoms with Crippen LogP contribution in [0.2, 0.25) is 0 Å². The average Bonchev–Trinajstić information content (AvgIpc) is 2.82. The van der Waals surface area contributed by atoms with Gasteiger partial charge in [0.05, 0.1) is 13.2 Å². The summed E-state index contributed by atoms with van der Waals surface area (Å²) in [5, 5.41) is 10.1. The highest BCUT2D eigenvalue weighted by molar-refractivity contribution is 5.07. The zero-order chi connectivity index (χ0) is 11.4. The molecule has 2 atom stereocenters. The summed E-state index contributed by atoms with van der Waals surface area (Å²) >= 11 is 0. The lowest BCUT2D eigenvalue weighted by Gasteiger charge is -2.35. The highest BCUT2D eigenvalue weighted by atomic mass is 16.5. The molecule has 92 valence electrons. The number of hydrogen-bond acceptors (Lipinski definition) is 4. The summed E-state index contributed by atoms with van der Waals surface area (Å²) in [6.45, 7) is 6.41. The molecule has 1 saturated heterocycles. The summed E-state index contributed by atoms with van der Waals surface area (Å²) in [5.41, 5.74) is 0. The largest absolute Gasteiger partial charge is 0.495 e. The number of hydrogen-bond donors (Lipinski definition) is 1. The molecule has 4 heteroatoms. The Morgan fingerprint density at radius 2 is 2.44 bits per heavy atom. The molecule has 1 fully saturated rings. The van der Waals surface area contributed by atoms with Crippen LogP contribution in [0.1, 0.15) is 19.8 Å². The standard InChI is InChI=1S/C12H21NO3/c1-2-5-13-6-8-16-11(9-13)12(14)10-4-3-7-15-10/h4,11-12,14H,2-3,5-9H2,1H3. The maximum Gasteiger partial charge on any atom is 0.138 e.